The van der Waals surface area contributed by atoms with Gasteiger partial charge in [0.2, 0.25) is 5.88 Å². The monoisotopic (exact) mass is 393 g/mol. The summed E-state index contributed by atoms with van der Waals surface area (Å²) in [6.45, 7) is 4.96. The van der Waals surface area contributed by atoms with Crippen molar-refractivity contribution in [3.8, 4) is 23.1 Å². The van der Waals surface area contributed by atoms with Gasteiger partial charge in [0.1, 0.15) is 12.1 Å². The van der Waals surface area contributed by atoms with Gasteiger partial charge in [-0.2, -0.15) is 0 Å². The molecule has 6 heteroatoms. The lowest BCUT2D eigenvalue weighted by Crippen LogP contribution is -2.32. The molecule has 1 aliphatic heterocycles. The second-order valence-electron chi connectivity index (χ2n) is 7.68. The van der Waals surface area contributed by atoms with Crippen LogP contribution in [-0.2, 0) is 0 Å². The number of rotatable bonds is 6. The lowest BCUT2D eigenvalue weighted by atomic mass is 9.98. The van der Waals surface area contributed by atoms with E-state index in [1.807, 2.05) is 43.3 Å². The molecule has 1 saturated heterocycles. The predicted molar refractivity (Wildman–Crippen MR) is 113 cm³/mol. The highest BCUT2D eigenvalue weighted by molar-refractivity contribution is 5.87. The minimum atomic E-state index is 0.501. The summed E-state index contributed by atoms with van der Waals surface area (Å²) in [6, 6.07) is 11.7. The molecule has 0 amide bonds. The second-order valence-corrected chi connectivity index (χ2v) is 7.68. The number of nitrogens with zero attached hydrogens (tertiary/aromatic N) is 3. The van der Waals surface area contributed by atoms with Crippen LogP contribution in [0.25, 0.3) is 10.9 Å². The van der Waals surface area contributed by atoms with Crippen LogP contribution in [0.1, 0.15) is 18.4 Å². The van der Waals surface area contributed by atoms with Crippen LogP contribution in [0.3, 0.4) is 0 Å². The number of benzene rings is 2. The SMILES string of the molecule is COc1cc2c(Oc3cccc(C)c3)ncnc2cc1OCC1CCN(C)CC1. The van der Waals surface area contributed by atoms with Crippen molar-refractivity contribution in [2.24, 2.45) is 5.92 Å². The summed E-state index contributed by atoms with van der Waals surface area (Å²) in [7, 11) is 3.81. The van der Waals surface area contributed by atoms with E-state index in [0.717, 1.165) is 48.1 Å². The van der Waals surface area contributed by atoms with E-state index in [2.05, 4.69) is 21.9 Å². The van der Waals surface area contributed by atoms with Crippen molar-refractivity contribution < 1.29 is 14.2 Å². The maximum Gasteiger partial charge on any atom is 0.230 e. The van der Waals surface area contributed by atoms with Crippen molar-refractivity contribution in [1.29, 1.82) is 0 Å². The molecule has 1 aromatic heterocycles. The molecule has 29 heavy (non-hydrogen) atoms. The molecule has 3 aromatic rings. The Kier molecular flexibility index (Phi) is 5.81. The number of hydrogen-bond acceptors (Lipinski definition) is 6. The highest BCUT2D eigenvalue weighted by Gasteiger charge is 2.19. The van der Waals surface area contributed by atoms with E-state index in [1.54, 1.807) is 7.11 Å². The van der Waals surface area contributed by atoms with Crippen molar-refractivity contribution in [3.05, 3.63) is 48.3 Å². The fourth-order valence-electron chi connectivity index (χ4n) is 3.62. The van der Waals surface area contributed by atoms with Gasteiger partial charge in [-0.1, -0.05) is 12.1 Å². The Labute approximate surface area is 171 Å². The second kappa shape index (κ2) is 8.66. The average molecular weight is 393 g/mol. The highest BCUT2D eigenvalue weighted by Crippen LogP contribution is 2.36. The number of likely N-dealkylation sites (tertiary alicyclic amines) is 1. The molecule has 2 heterocycles. The van der Waals surface area contributed by atoms with Crippen molar-refractivity contribution in [2.45, 2.75) is 19.8 Å². The zero-order chi connectivity index (χ0) is 20.2. The van der Waals surface area contributed by atoms with Crippen molar-refractivity contribution in [3.63, 3.8) is 0 Å². The number of aromatic nitrogens is 2. The van der Waals surface area contributed by atoms with Crippen molar-refractivity contribution in [1.82, 2.24) is 14.9 Å². The van der Waals surface area contributed by atoms with Gasteiger partial charge in [0.25, 0.3) is 0 Å². The Bertz CT molecular complexity index is 984. The maximum absolute atomic E-state index is 6.14. The number of methoxy groups -OCH3 is 1. The molecule has 0 bridgehead atoms. The van der Waals surface area contributed by atoms with Crippen LogP contribution in [-0.4, -0.2) is 48.7 Å². The molecular weight excluding hydrogens is 366 g/mol. The molecule has 0 saturated carbocycles. The van der Waals surface area contributed by atoms with Crippen LogP contribution in [0.5, 0.6) is 23.1 Å². The maximum atomic E-state index is 6.14. The van der Waals surface area contributed by atoms with Gasteiger partial charge in [-0.05, 0) is 69.6 Å². The third-order valence-electron chi connectivity index (χ3n) is 5.40. The largest absolute Gasteiger partial charge is 0.493 e. The van der Waals surface area contributed by atoms with E-state index in [-0.39, 0.29) is 0 Å². The minimum absolute atomic E-state index is 0.501. The van der Waals surface area contributed by atoms with E-state index in [1.165, 1.54) is 6.33 Å². The number of ether oxygens (including phenoxy) is 3. The fraction of sp³-hybridized carbons (Fsp3) is 0.391. The molecule has 4 rings (SSSR count). The summed E-state index contributed by atoms with van der Waals surface area (Å²) in [6.07, 6.45) is 3.83. The van der Waals surface area contributed by atoms with Gasteiger partial charge in [0.15, 0.2) is 11.5 Å². The molecule has 1 aliphatic rings. The topological polar surface area (TPSA) is 56.7 Å². The molecule has 0 N–H and O–H groups in total. The third kappa shape index (κ3) is 4.59. The zero-order valence-corrected chi connectivity index (χ0v) is 17.2. The van der Waals surface area contributed by atoms with Gasteiger partial charge < -0.3 is 19.1 Å². The molecule has 0 unspecified atom stereocenters. The van der Waals surface area contributed by atoms with Crippen molar-refractivity contribution in [2.75, 3.05) is 33.9 Å². The predicted octanol–water partition coefficient (Wildman–Crippen LogP) is 4.46. The summed E-state index contributed by atoms with van der Waals surface area (Å²) in [5.74, 6) is 3.18. The van der Waals surface area contributed by atoms with Gasteiger partial charge in [-0.3, -0.25) is 0 Å². The lowest BCUT2D eigenvalue weighted by molar-refractivity contribution is 0.157. The molecule has 0 radical (unpaired) electrons. The molecule has 0 aliphatic carbocycles. The van der Waals surface area contributed by atoms with Crippen LogP contribution in [0.15, 0.2) is 42.7 Å². The fourth-order valence-corrected chi connectivity index (χ4v) is 3.62. The minimum Gasteiger partial charge on any atom is -0.493 e. The van der Waals surface area contributed by atoms with Gasteiger partial charge in [-0.15, -0.1) is 0 Å². The summed E-state index contributed by atoms with van der Waals surface area (Å²) in [4.78, 5) is 11.1. The Hall–Kier alpha value is -2.86. The number of hydrogen-bond donors (Lipinski definition) is 0. The third-order valence-corrected chi connectivity index (χ3v) is 5.40. The van der Waals surface area contributed by atoms with Gasteiger partial charge in [-0.25, -0.2) is 9.97 Å². The first kappa shape index (κ1) is 19.5. The molecule has 0 atom stereocenters. The Morgan fingerprint density at radius 2 is 1.90 bits per heavy atom. The number of piperidine rings is 1. The van der Waals surface area contributed by atoms with Gasteiger partial charge >= 0.3 is 0 Å². The standard InChI is InChI=1S/C23H27N3O3/c1-16-5-4-6-18(11-16)29-23-19-12-21(27-3)22(13-20(19)24-15-25-23)28-14-17-7-9-26(2)10-8-17/h4-6,11-13,15,17H,7-10,14H2,1-3H3. The first-order valence-corrected chi connectivity index (χ1v) is 10.0. The smallest absolute Gasteiger partial charge is 0.230 e. The molecule has 6 nitrogen and oxygen atoms in total. The van der Waals surface area contributed by atoms with Crippen molar-refractivity contribution >= 4 is 10.9 Å². The van der Waals surface area contributed by atoms with E-state index >= 15 is 0 Å². The Morgan fingerprint density at radius 3 is 2.66 bits per heavy atom. The lowest BCUT2D eigenvalue weighted by Gasteiger charge is -2.28. The summed E-state index contributed by atoms with van der Waals surface area (Å²) in [5, 5.41) is 0.789. The summed E-state index contributed by atoms with van der Waals surface area (Å²) >= 11 is 0. The summed E-state index contributed by atoms with van der Waals surface area (Å²) in [5.41, 5.74) is 1.89. The Morgan fingerprint density at radius 1 is 1.07 bits per heavy atom. The van der Waals surface area contributed by atoms with Crippen LogP contribution >= 0.6 is 0 Å². The van der Waals surface area contributed by atoms with E-state index in [9.17, 15) is 0 Å². The number of aryl methyl sites for hydroxylation is 1. The highest BCUT2D eigenvalue weighted by atomic mass is 16.5. The molecule has 2 aromatic carbocycles. The zero-order valence-electron chi connectivity index (χ0n) is 17.2. The molecule has 152 valence electrons. The summed E-state index contributed by atoms with van der Waals surface area (Å²) < 4.78 is 17.8. The van der Waals surface area contributed by atoms with Gasteiger partial charge in [0.05, 0.1) is 24.6 Å². The van der Waals surface area contributed by atoms with Gasteiger partial charge in [0, 0.05) is 6.07 Å². The van der Waals surface area contributed by atoms with Crippen LogP contribution in [0.2, 0.25) is 0 Å². The van der Waals surface area contributed by atoms with E-state index in [4.69, 9.17) is 14.2 Å². The first-order chi connectivity index (χ1) is 14.1. The average Bonchev–Trinajstić information content (AvgIpc) is 2.73. The first-order valence-electron chi connectivity index (χ1n) is 10.0. The quantitative estimate of drug-likeness (QED) is 0.616. The molecule has 1 fully saturated rings. The van der Waals surface area contributed by atoms with Crippen LogP contribution in [0.4, 0.5) is 0 Å². The van der Waals surface area contributed by atoms with Crippen LogP contribution < -0.4 is 14.2 Å². The van der Waals surface area contributed by atoms with E-state index < -0.39 is 0 Å². The molecule has 0 spiro atoms. The Balaban J connectivity index is 1.57. The van der Waals surface area contributed by atoms with E-state index in [0.29, 0.717) is 29.9 Å². The number of fused-ring (bicyclic) bond motifs is 1. The molecular formula is C23H27N3O3. The van der Waals surface area contributed by atoms with Crippen LogP contribution in [0, 0.1) is 12.8 Å². The normalized spacial score (nSPS) is 15.4.